The summed E-state index contributed by atoms with van der Waals surface area (Å²) in [7, 11) is 0. The Morgan fingerprint density at radius 1 is 1.45 bits per heavy atom. The predicted molar refractivity (Wildman–Crippen MR) is 81.5 cm³/mol. The lowest BCUT2D eigenvalue weighted by molar-refractivity contribution is -0.123. The van der Waals surface area contributed by atoms with Crippen LogP contribution in [0.5, 0.6) is 0 Å². The predicted octanol–water partition coefficient (Wildman–Crippen LogP) is 1.67. The van der Waals surface area contributed by atoms with Gasteiger partial charge in [0.2, 0.25) is 11.9 Å². The van der Waals surface area contributed by atoms with Gasteiger partial charge in [0.25, 0.3) is 5.91 Å². The summed E-state index contributed by atoms with van der Waals surface area (Å²) in [6, 6.07) is 6.87. The summed E-state index contributed by atoms with van der Waals surface area (Å²) < 4.78 is 1.50. The van der Waals surface area contributed by atoms with Gasteiger partial charge in [0.15, 0.2) is 5.82 Å². The molecular weight excluding hydrogens is 282 g/mol. The maximum absolute atomic E-state index is 12.2. The highest BCUT2D eigenvalue weighted by Crippen LogP contribution is 2.25. The Labute approximate surface area is 127 Å². The first-order chi connectivity index (χ1) is 10.6. The van der Waals surface area contributed by atoms with E-state index >= 15 is 0 Å². The van der Waals surface area contributed by atoms with E-state index in [1.165, 1.54) is 4.68 Å². The molecule has 2 N–H and O–H groups in total. The van der Waals surface area contributed by atoms with Gasteiger partial charge < -0.3 is 5.32 Å². The molecule has 1 unspecified atom stereocenters. The molecule has 2 aromatic rings. The van der Waals surface area contributed by atoms with Gasteiger partial charge in [-0.2, -0.15) is 10.1 Å². The number of rotatable bonds is 4. The molecule has 0 saturated carbocycles. The van der Waals surface area contributed by atoms with Crippen LogP contribution in [0.2, 0.25) is 0 Å². The zero-order valence-corrected chi connectivity index (χ0v) is 12.5. The van der Waals surface area contributed by atoms with E-state index in [4.69, 9.17) is 0 Å². The van der Waals surface area contributed by atoms with Crippen LogP contribution in [0.3, 0.4) is 0 Å². The Morgan fingerprint density at radius 2 is 2.27 bits per heavy atom. The minimum atomic E-state index is -0.646. The number of carbonyl (C=O) groups is 2. The van der Waals surface area contributed by atoms with Crippen LogP contribution in [-0.2, 0) is 16.0 Å². The van der Waals surface area contributed by atoms with Crippen molar-refractivity contribution < 1.29 is 9.59 Å². The molecule has 1 aromatic heterocycles. The van der Waals surface area contributed by atoms with E-state index in [2.05, 4.69) is 20.7 Å². The van der Waals surface area contributed by atoms with Crippen molar-refractivity contribution in [2.45, 2.75) is 32.7 Å². The lowest BCUT2D eigenvalue weighted by atomic mass is 10.2. The maximum atomic E-state index is 12.2. The SMILES string of the molecule is CCc1nc2n(n1)C(CC(=O)Nc1cccc(C)c1)C(=O)N2. The van der Waals surface area contributed by atoms with Crippen LogP contribution >= 0.6 is 0 Å². The zero-order valence-electron chi connectivity index (χ0n) is 12.5. The minimum Gasteiger partial charge on any atom is -0.326 e. The van der Waals surface area contributed by atoms with Crippen LogP contribution in [-0.4, -0.2) is 26.6 Å². The molecule has 1 aromatic carbocycles. The molecule has 7 nitrogen and oxygen atoms in total. The van der Waals surface area contributed by atoms with Crippen molar-refractivity contribution in [3.63, 3.8) is 0 Å². The number of aryl methyl sites for hydroxylation is 2. The van der Waals surface area contributed by atoms with Crippen molar-refractivity contribution >= 4 is 23.5 Å². The molecule has 2 heterocycles. The Balaban J connectivity index is 1.71. The smallest absolute Gasteiger partial charge is 0.252 e. The van der Waals surface area contributed by atoms with Crippen molar-refractivity contribution in [2.24, 2.45) is 0 Å². The number of nitrogens with one attached hydrogen (secondary N) is 2. The number of fused-ring (bicyclic) bond motifs is 1. The van der Waals surface area contributed by atoms with Gasteiger partial charge in [0.05, 0.1) is 6.42 Å². The molecule has 1 aliphatic heterocycles. The third-order valence-corrected chi connectivity index (χ3v) is 3.50. The molecule has 0 saturated heterocycles. The number of hydrogen-bond acceptors (Lipinski definition) is 4. The summed E-state index contributed by atoms with van der Waals surface area (Å²) in [6.07, 6.45) is 0.706. The molecule has 0 aliphatic carbocycles. The van der Waals surface area contributed by atoms with E-state index in [0.717, 1.165) is 11.3 Å². The zero-order chi connectivity index (χ0) is 15.7. The van der Waals surface area contributed by atoms with Gasteiger partial charge in [-0.05, 0) is 24.6 Å². The van der Waals surface area contributed by atoms with Gasteiger partial charge in [-0.25, -0.2) is 4.68 Å². The normalized spacial score (nSPS) is 16.3. The van der Waals surface area contributed by atoms with E-state index in [-0.39, 0.29) is 18.2 Å². The van der Waals surface area contributed by atoms with Crippen molar-refractivity contribution in [1.82, 2.24) is 14.8 Å². The molecule has 0 bridgehead atoms. The average Bonchev–Trinajstić information content (AvgIpc) is 2.98. The molecule has 114 valence electrons. The third kappa shape index (κ3) is 2.69. The maximum Gasteiger partial charge on any atom is 0.252 e. The van der Waals surface area contributed by atoms with Crippen molar-refractivity contribution in [1.29, 1.82) is 0 Å². The average molecular weight is 299 g/mol. The van der Waals surface area contributed by atoms with E-state index in [9.17, 15) is 9.59 Å². The molecular formula is C15H17N5O2. The largest absolute Gasteiger partial charge is 0.326 e. The Bertz CT molecular complexity index is 737. The quantitative estimate of drug-likeness (QED) is 0.898. The van der Waals surface area contributed by atoms with E-state index < -0.39 is 6.04 Å². The number of hydrogen-bond donors (Lipinski definition) is 2. The molecule has 1 aliphatic rings. The van der Waals surface area contributed by atoms with Gasteiger partial charge in [-0.3, -0.25) is 14.9 Å². The van der Waals surface area contributed by atoms with Gasteiger partial charge in [0, 0.05) is 12.1 Å². The Morgan fingerprint density at radius 3 is 3.00 bits per heavy atom. The number of anilines is 2. The Hall–Kier alpha value is -2.70. The molecule has 7 heteroatoms. The van der Waals surface area contributed by atoms with Gasteiger partial charge in [0.1, 0.15) is 6.04 Å². The second kappa shape index (κ2) is 5.59. The molecule has 1 atom stereocenters. The first-order valence-electron chi connectivity index (χ1n) is 7.19. The Kier molecular flexibility index (Phi) is 3.62. The standard InChI is InChI=1S/C15H17N5O2/c1-3-12-17-15-18-14(22)11(20(15)19-12)8-13(21)16-10-6-4-5-9(2)7-10/h4-7,11H,3,8H2,1-2H3,(H,16,21)(H,17,18,19,22). The topological polar surface area (TPSA) is 88.9 Å². The van der Waals surface area contributed by atoms with Crippen LogP contribution in [0.1, 0.15) is 30.8 Å². The molecule has 22 heavy (non-hydrogen) atoms. The van der Waals surface area contributed by atoms with Crippen LogP contribution < -0.4 is 10.6 Å². The monoisotopic (exact) mass is 299 g/mol. The number of nitrogens with zero attached hydrogens (tertiary/aromatic N) is 3. The van der Waals surface area contributed by atoms with Crippen LogP contribution in [0, 0.1) is 6.92 Å². The fourth-order valence-corrected chi connectivity index (χ4v) is 2.41. The van der Waals surface area contributed by atoms with Gasteiger partial charge in [-0.15, -0.1) is 0 Å². The summed E-state index contributed by atoms with van der Waals surface area (Å²) in [5.74, 6) is 0.582. The van der Waals surface area contributed by atoms with Crippen LogP contribution in [0.15, 0.2) is 24.3 Å². The van der Waals surface area contributed by atoms with E-state index in [0.29, 0.717) is 18.2 Å². The summed E-state index contributed by atoms with van der Waals surface area (Å²) >= 11 is 0. The highest BCUT2D eigenvalue weighted by atomic mass is 16.2. The number of benzene rings is 1. The summed E-state index contributed by atoms with van der Waals surface area (Å²) in [6.45, 7) is 3.89. The minimum absolute atomic E-state index is 0.0271. The number of aromatic nitrogens is 3. The molecule has 0 radical (unpaired) electrons. The first kappa shape index (κ1) is 14.2. The van der Waals surface area contributed by atoms with Crippen LogP contribution in [0.4, 0.5) is 11.6 Å². The summed E-state index contributed by atoms with van der Waals surface area (Å²) in [4.78, 5) is 28.3. The van der Waals surface area contributed by atoms with Crippen molar-refractivity contribution in [3.05, 3.63) is 35.7 Å². The lowest BCUT2D eigenvalue weighted by Gasteiger charge is -2.10. The number of amides is 2. The van der Waals surface area contributed by atoms with Crippen molar-refractivity contribution in [2.75, 3.05) is 10.6 Å². The second-order valence-electron chi connectivity index (χ2n) is 5.28. The van der Waals surface area contributed by atoms with E-state index in [1.54, 1.807) is 0 Å². The van der Waals surface area contributed by atoms with Gasteiger partial charge in [-0.1, -0.05) is 19.1 Å². The number of carbonyl (C=O) groups excluding carboxylic acids is 2. The fourth-order valence-electron chi connectivity index (χ4n) is 2.41. The van der Waals surface area contributed by atoms with Crippen molar-refractivity contribution in [3.8, 4) is 0 Å². The summed E-state index contributed by atoms with van der Waals surface area (Å²) in [5, 5.41) is 9.71. The highest BCUT2D eigenvalue weighted by Gasteiger charge is 2.34. The van der Waals surface area contributed by atoms with E-state index in [1.807, 2.05) is 38.1 Å². The summed E-state index contributed by atoms with van der Waals surface area (Å²) in [5.41, 5.74) is 1.78. The highest BCUT2D eigenvalue weighted by molar-refractivity contribution is 6.00. The third-order valence-electron chi connectivity index (χ3n) is 3.50. The van der Waals surface area contributed by atoms with Crippen LogP contribution in [0.25, 0.3) is 0 Å². The second-order valence-corrected chi connectivity index (χ2v) is 5.28. The lowest BCUT2D eigenvalue weighted by Crippen LogP contribution is -2.24. The van der Waals surface area contributed by atoms with Gasteiger partial charge >= 0.3 is 0 Å². The molecule has 2 amide bonds. The molecule has 0 fully saturated rings. The first-order valence-corrected chi connectivity index (χ1v) is 7.19. The molecule has 0 spiro atoms. The molecule has 3 rings (SSSR count). The fraction of sp³-hybridized carbons (Fsp3) is 0.333.